The average molecular weight is 350 g/mol. The summed E-state index contributed by atoms with van der Waals surface area (Å²) in [5, 5.41) is 7.23. The SMILES string of the molecule is CCOC(=O)Nc1snc(C)c1/C(C)=N/NC(=O)c1ccoc1C. The first-order valence-corrected chi connectivity index (χ1v) is 8.00. The summed E-state index contributed by atoms with van der Waals surface area (Å²) in [6.07, 6.45) is 0.878. The van der Waals surface area contributed by atoms with E-state index in [0.717, 1.165) is 11.5 Å². The number of amides is 2. The summed E-state index contributed by atoms with van der Waals surface area (Å²) in [6, 6.07) is 1.57. The van der Waals surface area contributed by atoms with E-state index < -0.39 is 6.09 Å². The second-order valence-electron chi connectivity index (χ2n) is 4.85. The van der Waals surface area contributed by atoms with E-state index in [1.807, 2.05) is 0 Å². The zero-order valence-electron chi connectivity index (χ0n) is 13.8. The maximum atomic E-state index is 12.1. The Morgan fingerprint density at radius 3 is 2.79 bits per heavy atom. The minimum Gasteiger partial charge on any atom is -0.469 e. The quantitative estimate of drug-likeness (QED) is 0.637. The molecule has 0 unspecified atom stereocenters. The van der Waals surface area contributed by atoms with Crippen molar-refractivity contribution in [3.63, 3.8) is 0 Å². The molecule has 2 aromatic heterocycles. The van der Waals surface area contributed by atoms with Crippen LogP contribution >= 0.6 is 11.5 Å². The van der Waals surface area contributed by atoms with E-state index in [1.54, 1.807) is 33.8 Å². The molecule has 0 spiro atoms. The van der Waals surface area contributed by atoms with Crippen LogP contribution in [-0.4, -0.2) is 28.7 Å². The number of anilines is 1. The summed E-state index contributed by atoms with van der Waals surface area (Å²) in [5.74, 6) is 0.139. The Hall–Kier alpha value is -2.68. The molecule has 0 aliphatic rings. The van der Waals surface area contributed by atoms with Crippen molar-refractivity contribution in [1.82, 2.24) is 9.80 Å². The highest BCUT2D eigenvalue weighted by atomic mass is 32.1. The molecule has 9 heteroatoms. The fraction of sp³-hybridized carbons (Fsp3) is 0.333. The molecule has 0 bridgehead atoms. The minimum atomic E-state index is -0.562. The molecule has 0 saturated carbocycles. The molecule has 2 aromatic rings. The van der Waals surface area contributed by atoms with Crippen LogP contribution in [-0.2, 0) is 4.74 Å². The molecule has 24 heavy (non-hydrogen) atoms. The lowest BCUT2D eigenvalue weighted by Gasteiger charge is -2.06. The van der Waals surface area contributed by atoms with E-state index in [4.69, 9.17) is 9.15 Å². The number of hydrazone groups is 1. The van der Waals surface area contributed by atoms with E-state index >= 15 is 0 Å². The van der Waals surface area contributed by atoms with E-state index in [1.165, 1.54) is 6.26 Å². The summed E-state index contributed by atoms with van der Waals surface area (Å²) in [5.41, 5.74) is 4.74. The number of hydrogen-bond acceptors (Lipinski definition) is 7. The van der Waals surface area contributed by atoms with Crippen LogP contribution in [0.4, 0.5) is 9.80 Å². The van der Waals surface area contributed by atoms with Gasteiger partial charge in [-0.1, -0.05) is 0 Å². The van der Waals surface area contributed by atoms with Crippen molar-refractivity contribution in [1.29, 1.82) is 0 Å². The number of rotatable bonds is 5. The van der Waals surface area contributed by atoms with Gasteiger partial charge in [-0.15, -0.1) is 0 Å². The van der Waals surface area contributed by atoms with E-state index in [-0.39, 0.29) is 12.5 Å². The molecule has 128 valence electrons. The number of ether oxygens (including phenoxy) is 1. The van der Waals surface area contributed by atoms with Gasteiger partial charge in [-0.05, 0) is 45.3 Å². The number of nitrogens with one attached hydrogen (secondary N) is 2. The Labute approximate surface area is 143 Å². The number of carbonyl (C=O) groups is 2. The van der Waals surface area contributed by atoms with Crippen LogP contribution in [0.5, 0.6) is 0 Å². The fourth-order valence-corrected chi connectivity index (χ4v) is 2.85. The summed E-state index contributed by atoms with van der Waals surface area (Å²) in [7, 11) is 0. The largest absolute Gasteiger partial charge is 0.469 e. The third-order valence-corrected chi connectivity index (χ3v) is 4.00. The standard InChI is InChI=1S/C15H18N4O4S/c1-5-22-15(21)16-14-12(9(3)19-24-14)8(2)17-18-13(20)11-6-7-23-10(11)4/h6-7H,5H2,1-4H3,(H,16,21)(H,18,20)/b17-8+. The molecule has 0 radical (unpaired) electrons. The third-order valence-electron chi connectivity index (χ3n) is 3.14. The Balaban J connectivity index is 2.15. The first-order chi connectivity index (χ1) is 11.4. The molecule has 2 rings (SSSR count). The second-order valence-corrected chi connectivity index (χ2v) is 5.62. The van der Waals surface area contributed by atoms with Crippen LogP contribution in [0.15, 0.2) is 21.8 Å². The summed E-state index contributed by atoms with van der Waals surface area (Å²) in [6.45, 7) is 7.20. The Morgan fingerprint density at radius 2 is 2.17 bits per heavy atom. The molecule has 2 heterocycles. The van der Waals surface area contributed by atoms with Gasteiger partial charge in [0.05, 0.1) is 35.4 Å². The van der Waals surface area contributed by atoms with Crippen molar-refractivity contribution in [3.05, 3.63) is 34.9 Å². The fourth-order valence-electron chi connectivity index (χ4n) is 2.01. The molecule has 2 N–H and O–H groups in total. The smallest absolute Gasteiger partial charge is 0.412 e. The van der Waals surface area contributed by atoms with Gasteiger partial charge >= 0.3 is 6.09 Å². The topological polar surface area (TPSA) is 106 Å². The zero-order chi connectivity index (χ0) is 17.7. The van der Waals surface area contributed by atoms with Gasteiger partial charge in [0.2, 0.25) is 0 Å². The molecule has 0 saturated heterocycles. The predicted octanol–water partition coefficient (Wildman–Crippen LogP) is 3.08. The normalized spacial score (nSPS) is 11.2. The molecule has 0 atom stereocenters. The van der Waals surface area contributed by atoms with Crippen LogP contribution in [0.2, 0.25) is 0 Å². The van der Waals surface area contributed by atoms with Crippen LogP contribution in [0.25, 0.3) is 0 Å². The van der Waals surface area contributed by atoms with Gasteiger partial charge in [0.15, 0.2) is 0 Å². The number of hydrogen-bond donors (Lipinski definition) is 2. The maximum absolute atomic E-state index is 12.1. The van der Waals surface area contributed by atoms with E-state index in [0.29, 0.717) is 33.3 Å². The highest BCUT2D eigenvalue weighted by molar-refractivity contribution is 7.11. The zero-order valence-corrected chi connectivity index (χ0v) is 14.6. The lowest BCUT2D eigenvalue weighted by molar-refractivity contribution is 0.0953. The number of nitrogens with zero attached hydrogens (tertiary/aromatic N) is 2. The molecule has 0 fully saturated rings. The lowest BCUT2D eigenvalue weighted by atomic mass is 10.2. The van der Waals surface area contributed by atoms with Crippen molar-refractivity contribution < 1.29 is 18.7 Å². The third kappa shape index (κ3) is 3.99. The Bertz CT molecular complexity index is 778. The van der Waals surface area contributed by atoms with Crippen LogP contribution < -0.4 is 10.7 Å². The molecule has 8 nitrogen and oxygen atoms in total. The van der Waals surface area contributed by atoms with Crippen LogP contribution in [0.1, 0.15) is 41.2 Å². The molecular weight excluding hydrogens is 332 g/mol. The van der Waals surface area contributed by atoms with E-state index in [9.17, 15) is 9.59 Å². The van der Waals surface area contributed by atoms with Crippen LogP contribution in [0.3, 0.4) is 0 Å². The second kappa shape index (κ2) is 7.73. The molecule has 0 aliphatic carbocycles. The molecular formula is C15H18N4O4S. The van der Waals surface area contributed by atoms with Crippen molar-refractivity contribution >= 4 is 34.2 Å². The predicted molar refractivity (Wildman–Crippen MR) is 90.6 cm³/mol. The van der Waals surface area contributed by atoms with Crippen molar-refractivity contribution in [3.8, 4) is 0 Å². The number of carbonyl (C=O) groups excluding carboxylic acids is 2. The molecule has 0 aliphatic heterocycles. The van der Waals surface area contributed by atoms with Gasteiger partial charge in [0.1, 0.15) is 10.8 Å². The first-order valence-electron chi connectivity index (χ1n) is 7.23. The monoisotopic (exact) mass is 350 g/mol. The van der Waals surface area contributed by atoms with Crippen molar-refractivity contribution in [2.45, 2.75) is 27.7 Å². The number of aromatic nitrogens is 1. The Kier molecular flexibility index (Phi) is 5.69. The van der Waals surface area contributed by atoms with Gasteiger partial charge in [-0.2, -0.15) is 9.47 Å². The van der Waals surface area contributed by atoms with Crippen molar-refractivity contribution in [2.75, 3.05) is 11.9 Å². The number of aryl methyl sites for hydroxylation is 2. The van der Waals surface area contributed by atoms with Gasteiger partial charge in [-0.3, -0.25) is 10.1 Å². The minimum absolute atomic E-state index is 0.270. The van der Waals surface area contributed by atoms with Gasteiger partial charge < -0.3 is 9.15 Å². The van der Waals surface area contributed by atoms with Crippen molar-refractivity contribution in [2.24, 2.45) is 5.10 Å². The highest BCUT2D eigenvalue weighted by Crippen LogP contribution is 2.25. The van der Waals surface area contributed by atoms with Gasteiger partial charge in [0, 0.05) is 0 Å². The summed E-state index contributed by atoms with van der Waals surface area (Å²) < 4.78 is 14.2. The average Bonchev–Trinajstić information content (AvgIpc) is 3.11. The molecule has 0 aromatic carbocycles. The summed E-state index contributed by atoms with van der Waals surface area (Å²) in [4.78, 5) is 23.6. The number of furan rings is 1. The molecule has 2 amide bonds. The highest BCUT2D eigenvalue weighted by Gasteiger charge is 2.17. The lowest BCUT2D eigenvalue weighted by Crippen LogP contribution is -2.20. The Morgan fingerprint density at radius 1 is 1.42 bits per heavy atom. The van der Waals surface area contributed by atoms with E-state index in [2.05, 4.69) is 20.2 Å². The van der Waals surface area contributed by atoms with Crippen LogP contribution in [0, 0.1) is 13.8 Å². The van der Waals surface area contributed by atoms with Gasteiger partial charge in [-0.25, -0.2) is 10.2 Å². The maximum Gasteiger partial charge on any atom is 0.412 e. The first kappa shape index (κ1) is 17.7. The summed E-state index contributed by atoms with van der Waals surface area (Å²) >= 11 is 1.12. The van der Waals surface area contributed by atoms with Gasteiger partial charge in [0.25, 0.3) is 5.91 Å².